The van der Waals surface area contributed by atoms with E-state index in [1.165, 1.54) is 12.3 Å². The minimum atomic E-state index is -0.649. The molecule has 3 heterocycles. The summed E-state index contributed by atoms with van der Waals surface area (Å²) in [5.41, 5.74) is -0.0195. The molecule has 11 nitrogen and oxygen atoms in total. The van der Waals surface area contributed by atoms with Crippen LogP contribution in [0.4, 0.5) is 4.39 Å². The molecule has 0 spiro atoms. The standard InChI is InChI=1S/C30H40FN5O6/c1-21(32-28(37)25-8-5-17-40-25)29(38)36-14-6-12-35(15-16-36)13-7-18-39-22-9-10-23(24(31)20-22)27-33-26(42-34-27)11-19-41-30(2,3)4/h5,8-10,17,20-21H,6-7,11-16,18-19H2,1-4H3,(H,32,37)/t21-/m0/s1. The average Bonchev–Trinajstić information content (AvgIpc) is 3.59. The van der Waals surface area contributed by atoms with Gasteiger partial charge in [0, 0.05) is 32.2 Å². The average molecular weight is 586 g/mol. The summed E-state index contributed by atoms with van der Waals surface area (Å²) in [5.74, 6) is 0.172. The summed E-state index contributed by atoms with van der Waals surface area (Å²) in [7, 11) is 0. The third-order valence-electron chi connectivity index (χ3n) is 6.75. The first kappa shape index (κ1) is 31.2. The predicted octanol–water partition coefficient (Wildman–Crippen LogP) is 3.95. The molecule has 1 atom stereocenters. The summed E-state index contributed by atoms with van der Waals surface area (Å²) < 4.78 is 36.6. The van der Waals surface area contributed by atoms with Gasteiger partial charge < -0.3 is 33.5 Å². The van der Waals surface area contributed by atoms with Crippen molar-refractivity contribution in [3.63, 3.8) is 0 Å². The van der Waals surface area contributed by atoms with Gasteiger partial charge in [0.25, 0.3) is 5.91 Å². The van der Waals surface area contributed by atoms with Crippen LogP contribution in [0.15, 0.2) is 45.5 Å². The first-order chi connectivity index (χ1) is 20.1. The fourth-order valence-electron chi connectivity index (χ4n) is 4.58. The SMILES string of the molecule is C[C@H](NC(=O)c1ccco1)C(=O)N1CCCN(CCCOc2ccc(-c3noc(CCOC(C)(C)C)n3)c(F)c2)CC1. The number of halogens is 1. The molecule has 2 aromatic heterocycles. The van der Waals surface area contributed by atoms with E-state index in [-0.39, 0.29) is 28.7 Å². The molecular formula is C30H40FN5O6. The molecule has 1 aliphatic rings. The van der Waals surface area contributed by atoms with Crippen molar-refractivity contribution in [1.82, 2.24) is 25.3 Å². The van der Waals surface area contributed by atoms with Crippen LogP contribution < -0.4 is 10.1 Å². The van der Waals surface area contributed by atoms with E-state index in [9.17, 15) is 14.0 Å². The molecule has 12 heteroatoms. The number of amides is 2. The van der Waals surface area contributed by atoms with Crippen LogP contribution in [0, 0.1) is 5.82 Å². The number of ether oxygens (including phenoxy) is 2. The van der Waals surface area contributed by atoms with Crippen LogP contribution in [0.2, 0.25) is 0 Å². The summed E-state index contributed by atoms with van der Waals surface area (Å²) in [6.07, 6.45) is 3.45. The van der Waals surface area contributed by atoms with Crippen LogP contribution in [0.5, 0.6) is 5.75 Å². The second-order valence-electron chi connectivity index (χ2n) is 11.3. The minimum Gasteiger partial charge on any atom is -0.493 e. The zero-order chi connectivity index (χ0) is 30.1. The second-order valence-corrected chi connectivity index (χ2v) is 11.3. The highest BCUT2D eigenvalue weighted by molar-refractivity contribution is 5.95. The molecule has 228 valence electrons. The number of hydrogen-bond donors (Lipinski definition) is 1. The molecule has 3 aromatic rings. The molecule has 42 heavy (non-hydrogen) atoms. The van der Waals surface area contributed by atoms with Crippen LogP contribution >= 0.6 is 0 Å². The van der Waals surface area contributed by atoms with Gasteiger partial charge in [-0.3, -0.25) is 9.59 Å². The number of carbonyl (C=O) groups excluding carboxylic acids is 2. The highest BCUT2D eigenvalue weighted by Crippen LogP contribution is 2.24. The number of aromatic nitrogens is 2. The van der Waals surface area contributed by atoms with Gasteiger partial charge >= 0.3 is 0 Å². The third kappa shape index (κ3) is 9.12. The van der Waals surface area contributed by atoms with Crippen molar-refractivity contribution in [2.24, 2.45) is 0 Å². The maximum absolute atomic E-state index is 14.8. The van der Waals surface area contributed by atoms with E-state index in [1.807, 2.05) is 20.8 Å². The number of carbonyl (C=O) groups is 2. The van der Waals surface area contributed by atoms with Gasteiger partial charge in [-0.2, -0.15) is 4.98 Å². The van der Waals surface area contributed by atoms with Gasteiger partial charge in [-0.05, 0) is 71.3 Å². The molecule has 0 radical (unpaired) electrons. The number of hydrogen-bond acceptors (Lipinski definition) is 9. The number of nitrogens with one attached hydrogen (secondary N) is 1. The quantitative estimate of drug-likeness (QED) is 0.315. The normalized spacial score (nSPS) is 15.3. The Kier molecular flexibility index (Phi) is 10.7. The zero-order valence-corrected chi connectivity index (χ0v) is 24.7. The Labute approximate surface area is 245 Å². The van der Waals surface area contributed by atoms with Crippen LogP contribution in [-0.2, 0) is 16.0 Å². The van der Waals surface area contributed by atoms with Crippen molar-refractivity contribution in [3.8, 4) is 17.1 Å². The lowest BCUT2D eigenvalue weighted by atomic mass is 10.2. The van der Waals surface area contributed by atoms with Gasteiger partial charge in [-0.25, -0.2) is 4.39 Å². The predicted molar refractivity (Wildman–Crippen MR) is 152 cm³/mol. The van der Waals surface area contributed by atoms with Gasteiger partial charge in [-0.15, -0.1) is 0 Å². The van der Waals surface area contributed by atoms with Crippen LogP contribution in [0.1, 0.15) is 57.0 Å². The molecule has 1 N–H and O–H groups in total. The molecule has 0 saturated carbocycles. The fourth-order valence-corrected chi connectivity index (χ4v) is 4.58. The molecule has 4 rings (SSSR count). The zero-order valence-electron chi connectivity index (χ0n) is 24.7. The Morgan fingerprint density at radius 2 is 1.98 bits per heavy atom. The Hall–Kier alpha value is -3.77. The van der Waals surface area contributed by atoms with E-state index in [0.29, 0.717) is 44.4 Å². The molecule has 1 saturated heterocycles. The van der Waals surface area contributed by atoms with E-state index in [2.05, 4.69) is 20.4 Å². The lowest BCUT2D eigenvalue weighted by Gasteiger charge is -2.25. The Morgan fingerprint density at radius 3 is 2.71 bits per heavy atom. The van der Waals surface area contributed by atoms with Crippen molar-refractivity contribution in [2.75, 3.05) is 45.9 Å². The molecule has 1 fully saturated rings. The lowest BCUT2D eigenvalue weighted by molar-refractivity contribution is -0.132. The van der Waals surface area contributed by atoms with E-state index in [4.69, 9.17) is 18.4 Å². The maximum Gasteiger partial charge on any atom is 0.287 e. The molecule has 1 aliphatic heterocycles. The Morgan fingerprint density at radius 1 is 1.14 bits per heavy atom. The Balaban J connectivity index is 1.17. The van der Waals surface area contributed by atoms with Gasteiger partial charge in [-0.1, -0.05) is 5.16 Å². The first-order valence-electron chi connectivity index (χ1n) is 14.3. The molecule has 1 aromatic carbocycles. The largest absolute Gasteiger partial charge is 0.493 e. The van der Waals surface area contributed by atoms with Gasteiger partial charge in [0.1, 0.15) is 17.6 Å². The number of rotatable bonds is 12. The van der Waals surface area contributed by atoms with E-state index in [1.54, 1.807) is 36.1 Å². The molecule has 0 aliphatic carbocycles. The molecule has 2 amide bonds. The van der Waals surface area contributed by atoms with E-state index < -0.39 is 17.8 Å². The van der Waals surface area contributed by atoms with E-state index >= 15 is 0 Å². The number of nitrogens with zero attached hydrogens (tertiary/aromatic N) is 4. The number of furan rings is 1. The Bertz CT molecular complexity index is 1310. The molecule has 0 unspecified atom stereocenters. The molecule has 0 bridgehead atoms. The van der Waals surface area contributed by atoms with Crippen molar-refractivity contribution in [2.45, 2.75) is 58.6 Å². The molecular weight excluding hydrogens is 545 g/mol. The monoisotopic (exact) mass is 585 g/mol. The third-order valence-corrected chi connectivity index (χ3v) is 6.75. The lowest BCUT2D eigenvalue weighted by Crippen LogP contribution is -2.48. The summed E-state index contributed by atoms with van der Waals surface area (Å²) in [6, 6.07) is 7.15. The number of benzene rings is 1. The van der Waals surface area contributed by atoms with Crippen molar-refractivity contribution >= 4 is 11.8 Å². The van der Waals surface area contributed by atoms with Crippen molar-refractivity contribution < 1.29 is 32.4 Å². The van der Waals surface area contributed by atoms with E-state index in [0.717, 1.165) is 32.5 Å². The summed E-state index contributed by atoms with van der Waals surface area (Å²) in [4.78, 5) is 33.5. The summed E-state index contributed by atoms with van der Waals surface area (Å²) in [5, 5.41) is 6.60. The summed E-state index contributed by atoms with van der Waals surface area (Å²) in [6.45, 7) is 12.0. The highest BCUT2D eigenvalue weighted by Gasteiger charge is 2.25. The van der Waals surface area contributed by atoms with Gasteiger partial charge in [0.05, 0.1) is 37.1 Å². The first-order valence-corrected chi connectivity index (χ1v) is 14.3. The second kappa shape index (κ2) is 14.4. The smallest absolute Gasteiger partial charge is 0.287 e. The van der Waals surface area contributed by atoms with Gasteiger partial charge in [0.2, 0.25) is 17.6 Å². The van der Waals surface area contributed by atoms with Crippen LogP contribution in [0.3, 0.4) is 0 Å². The van der Waals surface area contributed by atoms with Crippen LogP contribution in [-0.4, -0.2) is 89.3 Å². The fraction of sp³-hybridized carbons (Fsp3) is 0.533. The topological polar surface area (TPSA) is 123 Å². The van der Waals surface area contributed by atoms with Crippen molar-refractivity contribution in [3.05, 3.63) is 54.1 Å². The van der Waals surface area contributed by atoms with Crippen molar-refractivity contribution in [1.29, 1.82) is 0 Å². The summed E-state index contributed by atoms with van der Waals surface area (Å²) >= 11 is 0. The van der Waals surface area contributed by atoms with Crippen LogP contribution in [0.25, 0.3) is 11.4 Å². The maximum atomic E-state index is 14.8. The minimum absolute atomic E-state index is 0.114. The highest BCUT2D eigenvalue weighted by atomic mass is 19.1. The van der Waals surface area contributed by atoms with Gasteiger partial charge in [0.15, 0.2) is 5.76 Å².